The predicted octanol–water partition coefficient (Wildman–Crippen LogP) is 4.12. The highest BCUT2D eigenvalue weighted by Crippen LogP contribution is 2.30. The molecule has 3 aromatic rings. The first-order valence-electron chi connectivity index (χ1n) is 9.53. The molecule has 0 radical (unpaired) electrons. The highest BCUT2D eigenvalue weighted by atomic mass is 16.4. The maximum atomic E-state index is 11.5. The predicted molar refractivity (Wildman–Crippen MR) is 105 cm³/mol. The molecule has 0 bridgehead atoms. The van der Waals surface area contributed by atoms with Crippen LogP contribution in [0.1, 0.15) is 46.3 Å². The van der Waals surface area contributed by atoms with Crippen molar-refractivity contribution < 1.29 is 14.3 Å². The lowest BCUT2D eigenvalue weighted by Crippen LogP contribution is -2.34. The average Bonchev–Trinajstić information content (AvgIpc) is 3.17. The molecule has 0 aliphatic carbocycles. The number of piperidine rings is 1. The second-order valence-corrected chi connectivity index (χ2v) is 7.22. The van der Waals surface area contributed by atoms with E-state index in [-0.39, 0.29) is 5.56 Å². The third-order valence-electron chi connectivity index (χ3n) is 5.28. The molecule has 144 valence electrons. The monoisotopic (exact) mass is 377 g/mol. The van der Waals surface area contributed by atoms with Crippen LogP contribution in [0.3, 0.4) is 0 Å². The van der Waals surface area contributed by atoms with Crippen LogP contribution in [0.2, 0.25) is 0 Å². The Balaban J connectivity index is 1.49. The number of carbonyl (C=O) groups is 1. The normalized spacial score (nSPS) is 17.5. The van der Waals surface area contributed by atoms with Gasteiger partial charge in [0.05, 0.1) is 23.5 Å². The van der Waals surface area contributed by atoms with Crippen molar-refractivity contribution >= 4 is 5.97 Å². The summed E-state index contributed by atoms with van der Waals surface area (Å²) in [5, 5.41) is 9.39. The smallest absolute Gasteiger partial charge is 0.336 e. The summed E-state index contributed by atoms with van der Waals surface area (Å²) in [4.78, 5) is 22.7. The molecule has 1 atom stereocenters. The van der Waals surface area contributed by atoms with E-state index in [4.69, 9.17) is 4.42 Å². The van der Waals surface area contributed by atoms with Crippen molar-refractivity contribution in [1.82, 2.24) is 14.9 Å². The van der Waals surface area contributed by atoms with Crippen molar-refractivity contribution in [2.45, 2.75) is 32.2 Å². The van der Waals surface area contributed by atoms with Crippen LogP contribution in [0.4, 0.5) is 0 Å². The van der Waals surface area contributed by atoms with E-state index in [0.29, 0.717) is 23.8 Å². The number of furan rings is 1. The third-order valence-corrected chi connectivity index (χ3v) is 5.28. The summed E-state index contributed by atoms with van der Waals surface area (Å²) in [6.07, 6.45) is 5.72. The van der Waals surface area contributed by atoms with Gasteiger partial charge in [-0.05, 0) is 44.5 Å². The molecule has 6 heteroatoms. The van der Waals surface area contributed by atoms with E-state index in [1.165, 1.54) is 0 Å². The Morgan fingerprint density at radius 2 is 2.04 bits per heavy atom. The maximum Gasteiger partial charge on any atom is 0.336 e. The fourth-order valence-corrected chi connectivity index (χ4v) is 3.95. The number of hydrogen-bond acceptors (Lipinski definition) is 5. The molecule has 1 aliphatic rings. The quantitative estimate of drug-likeness (QED) is 0.720. The molecule has 0 amide bonds. The summed E-state index contributed by atoms with van der Waals surface area (Å²) >= 11 is 0. The fraction of sp³-hybridized carbons (Fsp3) is 0.318. The summed E-state index contributed by atoms with van der Waals surface area (Å²) in [5.41, 5.74) is 2.94. The van der Waals surface area contributed by atoms with E-state index < -0.39 is 5.97 Å². The Morgan fingerprint density at radius 3 is 2.86 bits per heavy atom. The van der Waals surface area contributed by atoms with Gasteiger partial charge in [0, 0.05) is 30.4 Å². The minimum Gasteiger partial charge on any atom is -0.478 e. The molecule has 6 nitrogen and oxygen atoms in total. The number of aromatic carboxylic acids is 1. The molecule has 1 N–H and O–H groups in total. The van der Waals surface area contributed by atoms with Gasteiger partial charge in [-0.15, -0.1) is 0 Å². The number of benzene rings is 1. The number of hydrogen-bond donors (Lipinski definition) is 1. The lowest BCUT2D eigenvalue weighted by Gasteiger charge is -2.32. The molecule has 0 spiro atoms. The van der Waals surface area contributed by atoms with Crippen molar-refractivity contribution in [2.75, 3.05) is 13.1 Å². The number of likely N-dealkylation sites (tertiary alicyclic amines) is 1. The van der Waals surface area contributed by atoms with Crippen LogP contribution < -0.4 is 0 Å². The molecule has 1 saturated heterocycles. The van der Waals surface area contributed by atoms with Gasteiger partial charge in [-0.2, -0.15) is 0 Å². The van der Waals surface area contributed by atoms with Crippen molar-refractivity contribution in [2.24, 2.45) is 0 Å². The topological polar surface area (TPSA) is 79.5 Å². The van der Waals surface area contributed by atoms with Gasteiger partial charge in [-0.1, -0.05) is 18.2 Å². The van der Waals surface area contributed by atoms with Crippen LogP contribution in [0.25, 0.3) is 11.3 Å². The lowest BCUT2D eigenvalue weighted by molar-refractivity contribution is 0.0697. The molecule has 1 aliphatic heterocycles. The van der Waals surface area contributed by atoms with E-state index in [0.717, 1.165) is 43.1 Å². The Kier molecular flexibility index (Phi) is 5.21. The van der Waals surface area contributed by atoms with Gasteiger partial charge in [-0.3, -0.25) is 14.9 Å². The van der Waals surface area contributed by atoms with Crippen molar-refractivity contribution in [3.63, 3.8) is 0 Å². The summed E-state index contributed by atoms with van der Waals surface area (Å²) in [7, 11) is 0. The molecule has 28 heavy (non-hydrogen) atoms. The largest absolute Gasteiger partial charge is 0.478 e. The van der Waals surface area contributed by atoms with Crippen LogP contribution in [0.5, 0.6) is 0 Å². The van der Waals surface area contributed by atoms with Gasteiger partial charge in [-0.25, -0.2) is 4.79 Å². The highest BCUT2D eigenvalue weighted by molar-refractivity contribution is 5.95. The zero-order valence-electron chi connectivity index (χ0n) is 15.8. The maximum absolute atomic E-state index is 11.5. The number of carboxylic acid groups (broad SMARTS) is 1. The zero-order valence-corrected chi connectivity index (χ0v) is 15.8. The number of rotatable bonds is 5. The van der Waals surface area contributed by atoms with E-state index in [1.54, 1.807) is 30.6 Å². The van der Waals surface area contributed by atoms with Crippen molar-refractivity contribution in [3.05, 3.63) is 71.5 Å². The minimum atomic E-state index is -0.952. The second kappa shape index (κ2) is 7.94. The Labute approximate surface area is 163 Å². The summed E-state index contributed by atoms with van der Waals surface area (Å²) < 4.78 is 5.99. The zero-order chi connectivity index (χ0) is 19.5. The molecular formula is C22H23N3O3. The number of carboxylic acids is 1. The van der Waals surface area contributed by atoms with Crippen molar-refractivity contribution in [1.29, 1.82) is 0 Å². The SMILES string of the molecule is Cc1nccnc1[C@@H]1CCCN(Cc2ccc(-c3ccccc3C(=O)O)o2)C1. The Hall–Kier alpha value is -2.99. The number of aryl methyl sites for hydroxylation is 1. The third kappa shape index (κ3) is 3.82. The first-order chi connectivity index (χ1) is 13.6. The number of aromatic nitrogens is 2. The molecule has 0 unspecified atom stereocenters. The molecule has 0 saturated carbocycles. The van der Waals surface area contributed by atoms with Crippen LogP contribution in [-0.4, -0.2) is 39.0 Å². The van der Waals surface area contributed by atoms with Gasteiger partial charge in [0.2, 0.25) is 0 Å². The summed E-state index contributed by atoms with van der Waals surface area (Å²) in [6.45, 7) is 4.64. The highest BCUT2D eigenvalue weighted by Gasteiger charge is 2.25. The van der Waals surface area contributed by atoms with E-state index in [9.17, 15) is 9.90 Å². The van der Waals surface area contributed by atoms with Crippen LogP contribution in [0.15, 0.2) is 53.2 Å². The second-order valence-electron chi connectivity index (χ2n) is 7.22. The fourth-order valence-electron chi connectivity index (χ4n) is 3.95. The molecule has 4 rings (SSSR count). The van der Waals surface area contributed by atoms with E-state index >= 15 is 0 Å². The Morgan fingerprint density at radius 1 is 1.21 bits per heavy atom. The van der Waals surface area contributed by atoms with Gasteiger partial charge >= 0.3 is 5.97 Å². The lowest BCUT2D eigenvalue weighted by atomic mass is 9.93. The van der Waals surface area contributed by atoms with Crippen LogP contribution >= 0.6 is 0 Å². The van der Waals surface area contributed by atoms with Gasteiger partial charge in [0.1, 0.15) is 11.5 Å². The Bertz CT molecular complexity index is 982. The minimum absolute atomic E-state index is 0.250. The van der Waals surface area contributed by atoms with Crippen LogP contribution in [0, 0.1) is 6.92 Å². The molecule has 2 aromatic heterocycles. The number of nitrogens with zero attached hydrogens (tertiary/aromatic N) is 3. The van der Waals surface area contributed by atoms with E-state index in [2.05, 4.69) is 14.9 Å². The molecule has 3 heterocycles. The summed E-state index contributed by atoms with van der Waals surface area (Å²) in [6, 6.07) is 10.7. The van der Waals surface area contributed by atoms with Gasteiger partial charge in [0.25, 0.3) is 0 Å². The van der Waals surface area contributed by atoms with E-state index in [1.807, 2.05) is 25.1 Å². The first kappa shape index (κ1) is 18.4. The van der Waals surface area contributed by atoms with Crippen LogP contribution in [-0.2, 0) is 6.54 Å². The molecule has 1 aromatic carbocycles. The molecule has 1 fully saturated rings. The molecular weight excluding hydrogens is 354 g/mol. The first-order valence-corrected chi connectivity index (χ1v) is 9.53. The van der Waals surface area contributed by atoms with Gasteiger partial charge in [0.15, 0.2) is 0 Å². The van der Waals surface area contributed by atoms with Gasteiger partial charge < -0.3 is 9.52 Å². The summed E-state index contributed by atoms with van der Waals surface area (Å²) in [5.74, 6) is 0.856. The standard InChI is InChI=1S/C22H23N3O3/c1-15-21(24-11-10-23-15)16-5-4-12-25(13-16)14-17-8-9-20(28-17)18-6-2-3-7-19(18)22(26)27/h2-3,6-11,16H,4-5,12-14H2,1H3,(H,26,27)/t16-/m1/s1. The van der Waals surface area contributed by atoms with Crippen molar-refractivity contribution in [3.8, 4) is 11.3 Å². The average molecular weight is 377 g/mol.